The van der Waals surface area contributed by atoms with Crippen molar-refractivity contribution in [2.75, 3.05) is 6.54 Å². The van der Waals surface area contributed by atoms with E-state index in [-0.39, 0.29) is 12.0 Å². The molecule has 0 bridgehead atoms. The van der Waals surface area contributed by atoms with Crippen LogP contribution in [0.1, 0.15) is 12.5 Å². The van der Waals surface area contributed by atoms with Gasteiger partial charge in [0.25, 0.3) is 0 Å². The van der Waals surface area contributed by atoms with E-state index in [1.54, 1.807) is 6.92 Å². The zero-order valence-electron chi connectivity index (χ0n) is 10.3. The lowest BCUT2D eigenvalue weighted by molar-refractivity contribution is -0.121. The van der Waals surface area contributed by atoms with Gasteiger partial charge in [-0.3, -0.25) is 9.63 Å². The zero-order chi connectivity index (χ0) is 13.0. The number of benzene rings is 1. The molecule has 1 heterocycles. The third kappa shape index (κ3) is 2.88. The molecule has 18 heavy (non-hydrogen) atoms. The molecule has 0 saturated carbocycles. The van der Waals surface area contributed by atoms with E-state index >= 15 is 0 Å². The molecule has 4 N–H and O–H groups in total. The van der Waals surface area contributed by atoms with Crippen LogP contribution in [0.25, 0.3) is 10.9 Å². The Hall–Kier alpha value is -1.85. The van der Waals surface area contributed by atoms with Crippen molar-refractivity contribution in [2.24, 2.45) is 5.90 Å². The van der Waals surface area contributed by atoms with Gasteiger partial charge in [-0.05, 0) is 18.6 Å². The number of nitrogens with one attached hydrogen (secondary N) is 2. The highest BCUT2D eigenvalue weighted by molar-refractivity contribution is 5.88. The van der Waals surface area contributed by atoms with Crippen molar-refractivity contribution in [3.8, 4) is 0 Å². The molecular weight excluding hydrogens is 230 g/mol. The fourth-order valence-electron chi connectivity index (χ4n) is 1.82. The largest absolute Gasteiger partial charge is 0.361 e. The molecule has 0 aliphatic rings. The van der Waals surface area contributed by atoms with Crippen LogP contribution < -0.4 is 11.2 Å². The Labute approximate surface area is 105 Å². The summed E-state index contributed by atoms with van der Waals surface area (Å²) in [6, 6.07) is 7.91. The topological polar surface area (TPSA) is 80.1 Å². The van der Waals surface area contributed by atoms with Crippen LogP contribution in [0.2, 0.25) is 0 Å². The average molecular weight is 247 g/mol. The number of H-pyrrole nitrogens is 1. The molecule has 1 aromatic heterocycles. The van der Waals surface area contributed by atoms with E-state index < -0.39 is 0 Å². The first-order valence-corrected chi connectivity index (χ1v) is 5.88. The molecule has 96 valence electrons. The Morgan fingerprint density at radius 3 is 3.06 bits per heavy atom. The molecule has 2 rings (SSSR count). The van der Waals surface area contributed by atoms with Crippen LogP contribution in [-0.4, -0.2) is 23.5 Å². The molecule has 5 nitrogen and oxygen atoms in total. The molecule has 5 heteroatoms. The van der Waals surface area contributed by atoms with Gasteiger partial charge in [0.05, 0.1) is 12.5 Å². The lowest BCUT2D eigenvalue weighted by Gasteiger charge is -2.09. The van der Waals surface area contributed by atoms with Gasteiger partial charge in [0.2, 0.25) is 5.91 Å². The fraction of sp³-hybridized carbons (Fsp3) is 0.308. The van der Waals surface area contributed by atoms with Crippen molar-refractivity contribution >= 4 is 16.8 Å². The molecule has 2 aromatic rings. The fourth-order valence-corrected chi connectivity index (χ4v) is 1.82. The van der Waals surface area contributed by atoms with E-state index in [1.807, 2.05) is 30.5 Å². The van der Waals surface area contributed by atoms with E-state index in [4.69, 9.17) is 5.90 Å². The Morgan fingerprint density at radius 1 is 1.50 bits per heavy atom. The van der Waals surface area contributed by atoms with E-state index in [9.17, 15) is 4.79 Å². The minimum absolute atomic E-state index is 0.0383. The molecule has 0 saturated heterocycles. The molecule has 0 aliphatic carbocycles. The molecule has 1 atom stereocenters. The number of carbonyl (C=O) groups is 1. The second kappa shape index (κ2) is 5.66. The van der Waals surface area contributed by atoms with E-state index in [2.05, 4.69) is 15.1 Å². The summed E-state index contributed by atoms with van der Waals surface area (Å²) in [5.41, 5.74) is 2.03. The van der Waals surface area contributed by atoms with Gasteiger partial charge < -0.3 is 10.3 Å². The van der Waals surface area contributed by atoms with Crippen molar-refractivity contribution in [3.05, 3.63) is 36.0 Å². The number of carbonyl (C=O) groups excluding carboxylic acids is 1. The Balaban J connectivity index is 1.99. The number of nitrogens with two attached hydrogens (primary N) is 1. The van der Waals surface area contributed by atoms with Gasteiger partial charge in [-0.15, -0.1) is 0 Å². The van der Waals surface area contributed by atoms with E-state index in [0.29, 0.717) is 13.0 Å². The smallest absolute Gasteiger partial charge is 0.224 e. The van der Waals surface area contributed by atoms with Gasteiger partial charge in [0.1, 0.15) is 0 Å². The summed E-state index contributed by atoms with van der Waals surface area (Å²) in [5, 5.41) is 3.86. The second-order valence-electron chi connectivity index (χ2n) is 4.29. The van der Waals surface area contributed by atoms with Crippen molar-refractivity contribution in [3.63, 3.8) is 0 Å². The first-order valence-electron chi connectivity index (χ1n) is 5.88. The van der Waals surface area contributed by atoms with Crippen LogP contribution in [0.5, 0.6) is 0 Å². The van der Waals surface area contributed by atoms with Crippen LogP contribution in [0.15, 0.2) is 30.5 Å². The quantitative estimate of drug-likeness (QED) is 0.692. The lowest BCUT2D eigenvalue weighted by atomic mass is 10.1. The van der Waals surface area contributed by atoms with Crippen molar-refractivity contribution in [1.29, 1.82) is 0 Å². The van der Waals surface area contributed by atoms with Gasteiger partial charge in [0.15, 0.2) is 0 Å². The number of rotatable bonds is 5. The zero-order valence-corrected chi connectivity index (χ0v) is 10.3. The SMILES string of the molecule is CC(CNC(=O)Cc1c[nH]c2ccccc12)ON. The normalized spacial score (nSPS) is 12.6. The summed E-state index contributed by atoms with van der Waals surface area (Å²) in [7, 11) is 0. The Bertz CT molecular complexity index is 536. The highest BCUT2D eigenvalue weighted by Gasteiger charge is 2.09. The van der Waals surface area contributed by atoms with Gasteiger partial charge in [-0.25, -0.2) is 5.90 Å². The Kier molecular flexibility index (Phi) is 3.96. The van der Waals surface area contributed by atoms with E-state index in [1.165, 1.54) is 0 Å². The second-order valence-corrected chi connectivity index (χ2v) is 4.29. The van der Waals surface area contributed by atoms with Crippen molar-refractivity contribution in [2.45, 2.75) is 19.4 Å². The Morgan fingerprint density at radius 2 is 2.28 bits per heavy atom. The predicted octanol–water partition coefficient (Wildman–Crippen LogP) is 1.11. The summed E-state index contributed by atoms with van der Waals surface area (Å²) >= 11 is 0. The number of fused-ring (bicyclic) bond motifs is 1. The van der Waals surface area contributed by atoms with Gasteiger partial charge >= 0.3 is 0 Å². The monoisotopic (exact) mass is 247 g/mol. The molecular formula is C13H17N3O2. The first kappa shape index (κ1) is 12.6. The number of hydrogen-bond donors (Lipinski definition) is 3. The third-order valence-corrected chi connectivity index (χ3v) is 2.84. The minimum Gasteiger partial charge on any atom is -0.361 e. The highest BCUT2D eigenvalue weighted by atomic mass is 16.6. The van der Waals surface area contributed by atoms with E-state index in [0.717, 1.165) is 16.5 Å². The van der Waals surface area contributed by atoms with Crippen LogP contribution >= 0.6 is 0 Å². The molecule has 0 fully saturated rings. The van der Waals surface area contributed by atoms with Crippen molar-refractivity contribution in [1.82, 2.24) is 10.3 Å². The van der Waals surface area contributed by atoms with Crippen LogP contribution in [-0.2, 0) is 16.1 Å². The molecule has 0 aliphatic heterocycles. The van der Waals surface area contributed by atoms with Crippen molar-refractivity contribution < 1.29 is 9.63 Å². The molecule has 0 spiro atoms. The maximum atomic E-state index is 11.8. The summed E-state index contributed by atoms with van der Waals surface area (Å²) in [5.74, 6) is 4.97. The number of hydrogen-bond acceptors (Lipinski definition) is 3. The average Bonchev–Trinajstić information content (AvgIpc) is 2.79. The maximum absolute atomic E-state index is 11.8. The number of para-hydroxylation sites is 1. The molecule has 0 radical (unpaired) electrons. The molecule has 1 unspecified atom stereocenters. The summed E-state index contributed by atoms with van der Waals surface area (Å²) in [6.45, 7) is 2.21. The summed E-state index contributed by atoms with van der Waals surface area (Å²) < 4.78 is 0. The predicted molar refractivity (Wildman–Crippen MR) is 69.7 cm³/mol. The minimum atomic E-state index is -0.183. The number of amides is 1. The van der Waals surface area contributed by atoms with Gasteiger partial charge in [-0.2, -0.15) is 0 Å². The first-order chi connectivity index (χ1) is 8.70. The van der Waals surface area contributed by atoms with Gasteiger partial charge in [0, 0.05) is 23.6 Å². The van der Waals surface area contributed by atoms with Gasteiger partial charge in [-0.1, -0.05) is 18.2 Å². The highest BCUT2D eigenvalue weighted by Crippen LogP contribution is 2.17. The van der Waals surface area contributed by atoms with Crippen LogP contribution in [0.4, 0.5) is 0 Å². The molecule has 1 aromatic carbocycles. The summed E-state index contributed by atoms with van der Waals surface area (Å²) in [4.78, 5) is 19.5. The lowest BCUT2D eigenvalue weighted by Crippen LogP contribution is -2.34. The summed E-state index contributed by atoms with van der Waals surface area (Å²) in [6.07, 6.45) is 2.03. The third-order valence-electron chi connectivity index (χ3n) is 2.84. The number of aromatic amines is 1. The maximum Gasteiger partial charge on any atom is 0.224 e. The number of aromatic nitrogens is 1. The van der Waals surface area contributed by atoms with Crippen LogP contribution in [0, 0.1) is 0 Å². The standard InChI is InChI=1S/C13H17N3O2/c1-9(18-14)7-16-13(17)6-10-8-15-12-5-3-2-4-11(10)12/h2-5,8-9,15H,6-7,14H2,1H3,(H,16,17). The van der Waals surface area contributed by atoms with Crippen LogP contribution in [0.3, 0.4) is 0 Å². The molecule has 1 amide bonds.